The number of hydrogen-bond acceptors (Lipinski definition) is 3. The van der Waals surface area contributed by atoms with Crippen LogP contribution in [0.15, 0.2) is 66.7 Å². The zero-order valence-corrected chi connectivity index (χ0v) is 18.4. The van der Waals surface area contributed by atoms with E-state index in [0.29, 0.717) is 24.4 Å². The van der Waals surface area contributed by atoms with Crippen molar-refractivity contribution < 1.29 is 18.7 Å². The smallest absolute Gasteiger partial charge is 0.322 e. The van der Waals surface area contributed by atoms with Crippen LogP contribution in [-0.2, 0) is 6.42 Å². The largest absolute Gasteiger partial charge is 0.497 e. The topological polar surface area (TPSA) is 66.6 Å². The van der Waals surface area contributed by atoms with Crippen molar-refractivity contribution in [3.05, 3.63) is 89.4 Å². The number of fused-ring (bicyclic) bond motifs is 3. The molecule has 1 atom stereocenters. The van der Waals surface area contributed by atoms with Crippen LogP contribution >= 0.6 is 0 Å². The summed E-state index contributed by atoms with van der Waals surface area (Å²) >= 11 is 0. The van der Waals surface area contributed by atoms with Crippen LogP contribution in [0.3, 0.4) is 0 Å². The molecular formula is C26H24FN3O3. The van der Waals surface area contributed by atoms with Crippen molar-refractivity contribution in [1.82, 2.24) is 9.88 Å². The lowest BCUT2D eigenvalue weighted by molar-refractivity contribution is 0.193. The number of amides is 2. The molecule has 5 rings (SSSR count). The number of halogens is 1. The van der Waals surface area contributed by atoms with Gasteiger partial charge in [-0.25, -0.2) is 9.18 Å². The molecule has 0 unspecified atom stereocenters. The lowest BCUT2D eigenvalue weighted by Crippen LogP contribution is -2.43. The summed E-state index contributed by atoms with van der Waals surface area (Å²) < 4.78 is 24.5. The van der Waals surface area contributed by atoms with Gasteiger partial charge in [-0.3, -0.25) is 0 Å². The molecule has 33 heavy (non-hydrogen) atoms. The number of anilines is 1. The number of carbonyl (C=O) groups excluding carboxylic acids is 1. The summed E-state index contributed by atoms with van der Waals surface area (Å²) in [4.78, 5) is 18.7. The number of nitrogens with zero attached hydrogens (tertiary/aromatic N) is 1. The second-order valence-corrected chi connectivity index (χ2v) is 7.96. The van der Waals surface area contributed by atoms with Gasteiger partial charge in [-0.15, -0.1) is 0 Å². The summed E-state index contributed by atoms with van der Waals surface area (Å²) in [5.41, 5.74) is 4.45. The van der Waals surface area contributed by atoms with Crippen molar-refractivity contribution in [2.24, 2.45) is 0 Å². The van der Waals surface area contributed by atoms with Crippen molar-refractivity contribution in [1.29, 1.82) is 0 Å². The Morgan fingerprint density at radius 1 is 1.06 bits per heavy atom. The van der Waals surface area contributed by atoms with Crippen LogP contribution in [0.2, 0.25) is 0 Å². The van der Waals surface area contributed by atoms with Gasteiger partial charge >= 0.3 is 6.03 Å². The normalized spacial score (nSPS) is 15.2. The van der Waals surface area contributed by atoms with Crippen LogP contribution in [0.1, 0.15) is 22.9 Å². The molecule has 2 amide bonds. The second-order valence-electron chi connectivity index (χ2n) is 7.96. The second kappa shape index (κ2) is 8.50. The lowest BCUT2D eigenvalue weighted by atomic mass is 9.92. The van der Waals surface area contributed by atoms with E-state index in [1.54, 1.807) is 43.4 Å². The Bertz CT molecular complexity index is 1320. The quantitative estimate of drug-likeness (QED) is 0.436. The number of nitrogens with one attached hydrogen (secondary N) is 2. The fourth-order valence-electron chi connectivity index (χ4n) is 4.54. The fourth-order valence-corrected chi connectivity index (χ4v) is 4.54. The van der Waals surface area contributed by atoms with E-state index in [1.165, 1.54) is 12.1 Å². The zero-order chi connectivity index (χ0) is 22.9. The van der Waals surface area contributed by atoms with Crippen molar-refractivity contribution in [3.63, 3.8) is 0 Å². The number of carbonyl (C=O) groups is 1. The van der Waals surface area contributed by atoms with Crippen LogP contribution in [0.4, 0.5) is 14.9 Å². The molecule has 0 saturated heterocycles. The average molecular weight is 445 g/mol. The number of hydrogen-bond donors (Lipinski definition) is 2. The summed E-state index contributed by atoms with van der Waals surface area (Å²) in [6.07, 6.45) is 0.680. The van der Waals surface area contributed by atoms with Gasteiger partial charge in [0.1, 0.15) is 17.3 Å². The van der Waals surface area contributed by atoms with Crippen molar-refractivity contribution in [3.8, 4) is 11.5 Å². The summed E-state index contributed by atoms with van der Waals surface area (Å²) in [6, 6.07) is 18.8. The third-order valence-corrected chi connectivity index (χ3v) is 6.13. The highest BCUT2D eigenvalue weighted by molar-refractivity contribution is 5.93. The molecule has 3 aromatic carbocycles. The Kier molecular flexibility index (Phi) is 5.38. The van der Waals surface area contributed by atoms with Crippen LogP contribution in [0.25, 0.3) is 10.9 Å². The Balaban J connectivity index is 1.58. The first-order chi connectivity index (χ1) is 16.1. The minimum absolute atomic E-state index is 0.254. The molecule has 0 radical (unpaired) electrons. The van der Waals surface area contributed by atoms with Gasteiger partial charge < -0.3 is 24.7 Å². The predicted octanol–water partition coefficient (Wildman–Crippen LogP) is 5.50. The van der Waals surface area contributed by atoms with Gasteiger partial charge in [-0.1, -0.05) is 24.3 Å². The summed E-state index contributed by atoms with van der Waals surface area (Å²) in [5, 5.41) is 4.05. The van der Waals surface area contributed by atoms with Crippen LogP contribution < -0.4 is 14.8 Å². The maximum Gasteiger partial charge on any atom is 0.322 e. The predicted molar refractivity (Wildman–Crippen MR) is 126 cm³/mol. The molecular weight excluding hydrogens is 421 g/mol. The molecule has 1 aliphatic heterocycles. The highest BCUT2D eigenvalue weighted by Crippen LogP contribution is 2.40. The molecule has 7 heteroatoms. The first-order valence-electron chi connectivity index (χ1n) is 10.7. The Labute approximate surface area is 190 Å². The van der Waals surface area contributed by atoms with E-state index in [4.69, 9.17) is 9.47 Å². The van der Waals surface area contributed by atoms with Gasteiger partial charge in [0.2, 0.25) is 0 Å². The lowest BCUT2D eigenvalue weighted by Gasteiger charge is -2.36. The summed E-state index contributed by atoms with van der Waals surface area (Å²) in [5.74, 6) is 1.04. The van der Waals surface area contributed by atoms with Crippen LogP contribution in [-0.4, -0.2) is 36.7 Å². The van der Waals surface area contributed by atoms with Gasteiger partial charge in [0.25, 0.3) is 0 Å². The minimum atomic E-state index is -0.401. The maximum absolute atomic E-state index is 13.7. The number of ether oxygens (including phenoxy) is 2. The van der Waals surface area contributed by atoms with Crippen molar-refractivity contribution in [2.75, 3.05) is 26.1 Å². The molecule has 4 aromatic rings. The molecule has 6 nitrogen and oxygen atoms in total. The van der Waals surface area contributed by atoms with Gasteiger partial charge in [0.15, 0.2) is 0 Å². The summed E-state index contributed by atoms with van der Waals surface area (Å²) in [6.45, 7) is 0.500. The molecule has 0 aliphatic carbocycles. The highest BCUT2D eigenvalue weighted by atomic mass is 19.1. The molecule has 0 saturated carbocycles. The minimum Gasteiger partial charge on any atom is -0.497 e. The van der Waals surface area contributed by atoms with E-state index >= 15 is 0 Å². The number of aromatic amines is 1. The third kappa shape index (κ3) is 3.75. The van der Waals surface area contributed by atoms with Gasteiger partial charge in [0.05, 0.1) is 25.9 Å². The highest BCUT2D eigenvalue weighted by Gasteiger charge is 2.35. The van der Waals surface area contributed by atoms with Gasteiger partial charge in [-0.2, -0.15) is 0 Å². The Hall–Kier alpha value is -4.00. The average Bonchev–Trinajstić information content (AvgIpc) is 3.22. The van der Waals surface area contributed by atoms with E-state index in [1.807, 2.05) is 30.3 Å². The van der Waals surface area contributed by atoms with E-state index in [-0.39, 0.29) is 11.8 Å². The zero-order valence-electron chi connectivity index (χ0n) is 18.4. The van der Waals surface area contributed by atoms with E-state index in [0.717, 1.165) is 33.5 Å². The first kappa shape index (κ1) is 20.9. The standard InChI is InChI=1S/C26H24FN3O3/c1-32-18-11-12-21-20(15-18)19-13-14-30(26(31)29-22-5-3-4-6-23(22)33-2)25(24(19)28-21)16-7-9-17(27)10-8-16/h3-12,15,25,28H,13-14H2,1-2H3,(H,29,31)/t25-/m1/s1. The van der Waals surface area contributed by atoms with E-state index in [9.17, 15) is 9.18 Å². The van der Waals surface area contributed by atoms with Crippen molar-refractivity contribution in [2.45, 2.75) is 12.5 Å². The molecule has 1 aliphatic rings. The first-order valence-corrected chi connectivity index (χ1v) is 10.7. The number of urea groups is 1. The van der Waals surface area contributed by atoms with Gasteiger partial charge in [-0.05, 0) is 60.0 Å². The number of rotatable bonds is 4. The van der Waals surface area contributed by atoms with E-state index < -0.39 is 6.04 Å². The van der Waals surface area contributed by atoms with E-state index in [2.05, 4.69) is 10.3 Å². The molecule has 0 bridgehead atoms. The van der Waals surface area contributed by atoms with Crippen LogP contribution in [0.5, 0.6) is 11.5 Å². The maximum atomic E-state index is 13.7. The van der Waals surface area contributed by atoms with Gasteiger partial charge in [0, 0.05) is 23.1 Å². The summed E-state index contributed by atoms with van der Waals surface area (Å²) in [7, 11) is 3.21. The fraction of sp³-hybridized carbons (Fsp3) is 0.192. The Morgan fingerprint density at radius 2 is 1.85 bits per heavy atom. The molecule has 1 aromatic heterocycles. The third-order valence-electron chi connectivity index (χ3n) is 6.13. The molecule has 2 heterocycles. The Morgan fingerprint density at radius 3 is 2.61 bits per heavy atom. The molecule has 168 valence electrons. The SMILES string of the molecule is COc1ccc2[nH]c3c(c2c1)CCN(C(=O)Nc1ccccc1OC)[C@@H]3c1ccc(F)cc1. The molecule has 0 fully saturated rings. The monoisotopic (exact) mass is 445 g/mol. The number of aromatic nitrogens is 1. The number of methoxy groups -OCH3 is 2. The molecule has 2 N–H and O–H groups in total. The molecule has 0 spiro atoms. The van der Waals surface area contributed by atoms with Crippen molar-refractivity contribution >= 4 is 22.6 Å². The number of benzene rings is 3. The number of para-hydroxylation sites is 2. The number of H-pyrrole nitrogens is 1. The van der Waals surface area contributed by atoms with Crippen LogP contribution in [0, 0.1) is 5.82 Å².